The van der Waals surface area contributed by atoms with E-state index in [0.717, 1.165) is 0 Å². The molecule has 0 bridgehead atoms. The number of rotatable bonds is 6. The van der Waals surface area contributed by atoms with Gasteiger partial charge in [0.25, 0.3) is 5.91 Å². The summed E-state index contributed by atoms with van der Waals surface area (Å²) >= 11 is 7.51. The molecule has 0 aliphatic heterocycles. The van der Waals surface area contributed by atoms with E-state index in [2.05, 4.69) is 10.5 Å². The van der Waals surface area contributed by atoms with Gasteiger partial charge in [-0.15, -0.1) is 11.3 Å². The average molecular weight is 339 g/mol. The quantitative estimate of drug-likeness (QED) is 0.647. The van der Waals surface area contributed by atoms with Gasteiger partial charge in [-0.3, -0.25) is 4.79 Å². The van der Waals surface area contributed by atoms with E-state index in [4.69, 9.17) is 21.1 Å². The zero-order chi connectivity index (χ0) is 15.9. The maximum atomic E-state index is 11.7. The summed E-state index contributed by atoms with van der Waals surface area (Å²) in [5.41, 5.74) is 3.15. The molecule has 0 atom stereocenters. The Morgan fingerprint density at radius 1 is 1.50 bits per heavy atom. The van der Waals surface area contributed by atoms with E-state index in [9.17, 15) is 4.79 Å². The maximum absolute atomic E-state index is 11.7. The van der Waals surface area contributed by atoms with E-state index in [1.54, 1.807) is 24.3 Å². The number of carbonyl (C=O) groups is 1. The number of amides is 1. The molecule has 7 heteroatoms. The van der Waals surface area contributed by atoms with Gasteiger partial charge in [-0.2, -0.15) is 5.10 Å². The van der Waals surface area contributed by atoms with Crippen molar-refractivity contribution in [3.63, 3.8) is 0 Å². The first-order valence-electron chi connectivity index (χ1n) is 6.53. The number of nitrogens with zero attached hydrogens (tertiary/aromatic N) is 1. The van der Waals surface area contributed by atoms with Crippen LogP contribution >= 0.6 is 22.9 Å². The molecule has 1 amide bonds. The number of halogens is 1. The fourth-order valence-electron chi connectivity index (χ4n) is 1.73. The van der Waals surface area contributed by atoms with Gasteiger partial charge in [-0.25, -0.2) is 5.43 Å². The fourth-order valence-corrected chi connectivity index (χ4v) is 2.61. The molecular weight excluding hydrogens is 324 g/mol. The summed E-state index contributed by atoms with van der Waals surface area (Å²) in [7, 11) is 1.54. The summed E-state index contributed by atoms with van der Waals surface area (Å²) < 4.78 is 10.7. The van der Waals surface area contributed by atoms with Gasteiger partial charge < -0.3 is 9.47 Å². The molecule has 0 aliphatic carbocycles. The van der Waals surface area contributed by atoms with Gasteiger partial charge in [0.1, 0.15) is 0 Å². The molecule has 1 N–H and O–H groups in total. The zero-order valence-corrected chi connectivity index (χ0v) is 13.7. The smallest absolute Gasteiger partial charge is 0.281 e. The van der Waals surface area contributed by atoms with Crippen LogP contribution in [0.1, 0.15) is 22.2 Å². The Hall–Kier alpha value is -2.05. The van der Waals surface area contributed by atoms with Gasteiger partial charge in [0.05, 0.1) is 29.8 Å². The van der Waals surface area contributed by atoms with Crippen LogP contribution in [-0.4, -0.2) is 25.8 Å². The molecule has 0 aliphatic rings. The van der Waals surface area contributed by atoms with E-state index in [0.29, 0.717) is 33.6 Å². The van der Waals surface area contributed by atoms with Crippen LogP contribution in [0.15, 0.2) is 34.7 Å². The van der Waals surface area contributed by atoms with Gasteiger partial charge in [-0.05, 0) is 36.1 Å². The SMILES string of the molecule is CCOc1c(Cl)cc(/C=N/NC(=O)c2cccs2)cc1OC. The van der Waals surface area contributed by atoms with Crippen LogP contribution in [0, 0.1) is 0 Å². The highest BCUT2D eigenvalue weighted by atomic mass is 35.5. The number of nitrogens with one attached hydrogen (secondary N) is 1. The van der Waals surface area contributed by atoms with E-state index in [1.807, 2.05) is 12.3 Å². The first kappa shape index (κ1) is 16.3. The molecule has 0 radical (unpaired) electrons. The van der Waals surface area contributed by atoms with Crippen molar-refractivity contribution in [3.8, 4) is 11.5 Å². The molecule has 0 fully saturated rings. The van der Waals surface area contributed by atoms with Gasteiger partial charge in [0.15, 0.2) is 11.5 Å². The first-order valence-corrected chi connectivity index (χ1v) is 7.78. The summed E-state index contributed by atoms with van der Waals surface area (Å²) in [6.07, 6.45) is 1.50. The summed E-state index contributed by atoms with van der Waals surface area (Å²) in [5, 5.41) is 6.17. The molecule has 0 saturated carbocycles. The molecule has 0 saturated heterocycles. The normalized spacial score (nSPS) is 10.7. The van der Waals surface area contributed by atoms with Gasteiger partial charge in [0.2, 0.25) is 0 Å². The Labute approximate surface area is 137 Å². The van der Waals surface area contributed by atoms with Crippen LogP contribution in [0.2, 0.25) is 5.02 Å². The lowest BCUT2D eigenvalue weighted by Gasteiger charge is -2.11. The highest BCUT2D eigenvalue weighted by Gasteiger charge is 2.11. The van der Waals surface area contributed by atoms with Gasteiger partial charge >= 0.3 is 0 Å². The number of hydrogen-bond donors (Lipinski definition) is 1. The van der Waals surface area contributed by atoms with Crippen molar-refractivity contribution < 1.29 is 14.3 Å². The lowest BCUT2D eigenvalue weighted by molar-refractivity contribution is 0.0959. The number of hydrazone groups is 1. The van der Waals surface area contributed by atoms with E-state index >= 15 is 0 Å². The Morgan fingerprint density at radius 2 is 2.32 bits per heavy atom. The lowest BCUT2D eigenvalue weighted by atomic mass is 10.2. The topological polar surface area (TPSA) is 59.9 Å². The number of thiophene rings is 1. The highest BCUT2D eigenvalue weighted by Crippen LogP contribution is 2.35. The molecule has 2 rings (SSSR count). The van der Waals surface area contributed by atoms with Crippen LogP contribution in [0.3, 0.4) is 0 Å². The molecule has 1 heterocycles. The second-order valence-corrected chi connectivity index (χ2v) is 5.50. The highest BCUT2D eigenvalue weighted by molar-refractivity contribution is 7.12. The average Bonchev–Trinajstić information content (AvgIpc) is 3.04. The predicted molar refractivity (Wildman–Crippen MR) is 88.6 cm³/mol. The third kappa shape index (κ3) is 3.99. The molecule has 0 spiro atoms. The summed E-state index contributed by atoms with van der Waals surface area (Å²) in [6, 6.07) is 6.96. The predicted octanol–water partition coefficient (Wildman–Crippen LogP) is 3.57. The van der Waals surface area contributed by atoms with Crippen molar-refractivity contribution in [1.82, 2.24) is 5.43 Å². The second kappa shape index (κ2) is 7.82. The van der Waals surface area contributed by atoms with Crippen molar-refractivity contribution in [2.45, 2.75) is 6.92 Å². The monoisotopic (exact) mass is 338 g/mol. The molecule has 5 nitrogen and oxygen atoms in total. The molecule has 2 aromatic rings. The Balaban J connectivity index is 2.11. The minimum atomic E-state index is -0.254. The third-order valence-electron chi connectivity index (χ3n) is 2.67. The minimum Gasteiger partial charge on any atom is -0.493 e. The fraction of sp³-hybridized carbons (Fsp3) is 0.200. The minimum absolute atomic E-state index is 0.254. The van der Waals surface area contributed by atoms with E-state index in [-0.39, 0.29) is 5.91 Å². The second-order valence-electron chi connectivity index (χ2n) is 4.14. The first-order chi connectivity index (χ1) is 10.7. The summed E-state index contributed by atoms with van der Waals surface area (Å²) in [6.45, 7) is 2.35. The van der Waals surface area contributed by atoms with Crippen LogP contribution in [0.5, 0.6) is 11.5 Å². The Morgan fingerprint density at radius 3 is 2.95 bits per heavy atom. The van der Waals surface area contributed by atoms with Crippen molar-refractivity contribution in [1.29, 1.82) is 0 Å². The standard InChI is InChI=1S/C15H15ClN2O3S/c1-3-21-14-11(16)7-10(8-12(14)20-2)9-17-18-15(19)13-5-4-6-22-13/h4-9H,3H2,1-2H3,(H,18,19)/b17-9+. The van der Waals surface area contributed by atoms with Crippen molar-refractivity contribution in [2.24, 2.45) is 5.10 Å². The molecule has 0 unspecified atom stereocenters. The lowest BCUT2D eigenvalue weighted by Crippen LogP contribution is -2.16. The van der Waals surface area contributed by atoms with E-state index in [1.165, 1.54) is 24.7 Å². The number of methoxy groups -OCH3 is 1. The number of carbonyl (C=O) groups excluding carboxylic acids is 1. The van der Waals surface area contributed by atoms with Crippen molar-refractivity contribution in [2.75, 3.05) is 13.7 Å². The maximum Gasteiger partial charge on any atom is 0.281 e. The van der Waals surface area contributed by atoms with Crippen LogP contribution < -0.4 is 14.9 Å². The molecule has 22 heavy (non-hydrogen) atoms. The van der Waals surface area contributed by atoms with Crippen molar-refractivity contribution >= 4 is 35.1 Å². The van der Waals surface area contributed by atoms with Crippen LogP contribution in [0.4, 0.5) is 0 Å². The van der Waals surface area contributed by atoms with Crippen molar-refractivity contribution in [3.05, 3.63) is 45.1 Å². The number of benzene rings is 1. The van der Waals surface area contributed by atoms with Crippen LogP contribution in [-0.2, 0) is 0 Å². The Bertz CT molecular complexity index is 672. The summed E-state index contributed by atoms with van der Waals surface area (Å²) in [4.78, 5) is 12.3. The molecule has 1 aromatic carbocycles. The van der Waals surface area contributed by atoms with Gasteiger partial charge in [-0.1, -0.05) is 17.7 Å². The molecular formula is C15H15ClN2O3S. The van der Waals surface area contributed by atoms with Gasteiger partial charge in [0, 0.05) is 0 Å². The largest absolute Gasteiger partial charge is 0.493 e. The molecule has 116 valence electrons. The zero-order valence-electron chi connectivity index (χ0n) is 12.1. The Kier molecular flexibility index (Phi) is 5.80. The van der Waals surface area contributed by atoms with Crippen LogP contribution in [0.25, 0.3) is 0 Å². The van der Waals surface area contributed by atoms with E-state index < -0.39 is 0 Å². The number of hydrogen-bond acceptors (Lipinski definition) is 5. The molecule has 1 aromatic heterocycles. The summed E-state index contributed by atoms with van der Waals surface area (Å²) in [5.74, 6) is 0.752. The third-order valence-corrected chi connectivity index (χ3v) is 3.81. The number of ether oxygens (including phenoxy) is 2.